The standard InChI is InChI=1S/C22H38N4O/c1-17(2)26-14-11-19(12-15-26)24-22(23-13-10-20-8-6-16-27-20)25-21-9-5-4-7-18(21)3/h6,8,16-19,21H,4-5,7,9-15H2,1-3H3,(H2,23,24,25). The summed E-state index contributed by atoms with van der Waals surface area (Å²) in [6, 6.07) is 5.69. The van der Waals surface area contributed by atoms with E-state index < -0.39 is 0 Å². The minimum atomic E-state index is 0.522. The average molecular weight is 375 g/mol. The Kier molecular flexibility index (Phi) is 7.62. The fourth-order valence-electron chi connectivity index (χ4n) is 4.33. The summed E-state index contributed by atoms with van der Waals surface area (Å²) in [5.41, 5.74) is 0. The number of nitrogens with one attached hydrogen (secondary N) is 2. The van der Waals surface area contributed by atoms with Gasteiger partial charge in [-0.1, -0.05) is 19.8 Å². The van der Waals surface area contributed by atoms with Crippen LogP contribution in [0.5, 0.6) is 0 Å². The first-order valence-corrected chi connectivity index (χ1v) is 11.0. The normalized spacial score (nSPS) is 25.7. The van der Waals surface area contributed by atoms with Crippen molar-refractivity contribution in [3.63, 3.8) is 0 Å². The van der Waals surface area contributed by atoms with Gasteiger partial charge >= 0.3 is 0 Å². The Morgan fingerprint density at radius 2 is 1.96 bits per heavy atom. The molecule has 27 heavy (non-hydrogen) atoms. The van der Waals surface area contributed by atoms with Crippen LogP contribution in [-0.2, 0) is 6.42 Å². The molecule has 3 rings (SSSR count). The van der Waals surface area contributed by atoms with E-state index in [4.69, 9.17) is 9.41 Å². The van der Waals surface area contributed by atoms with Crippen molar-refractivity contribution in [1.29, 1.82) is 0 Å². The summed E-state index contributed by atoms with van der Waals surface area (Å²) in [6.07, 6.45) is 10.2. The van der Waals surface area contributed by atoms with Crippen molar-refractivity contribution in [3.8, 4) is 0 Å². The van der Waals surface area contributed by atoms with Crippen LogP contribution < -0.4 is 10.6 Å². The number of nitrogens with zero attached hydrogens (tertiary/aromatic N) is 2. The second-order valence-electron chi connectivity index (χ2n) is 8.62. The lowest BCUT2D eigenvalue weighted by molar-refractivity contribution is 0.167. The number of likely N-dealkylation sites (tertiary alicyclic amines) is 1. The van der Waals surface area contributed by atoms with Crippen LogP contribution in [0.25, 0.3) is 0 Å². The molecule has 2 atom stereocenters. The van der Waals surface area contributed by atoms with Crippen molar-refractivity contribution in [2.45, 2.75) is 83.8 Å². The Morgan fingerprint density at radius 3 is 2.63 bits per heavy atom. The van der Waals surface area contributed by atoms with Gasteiger partial charge in [0.05, 0.1) is 6.26 Å². The van der Waals surface area contributed by atoms with E-state index in [1.807, 2.05) is 12.1 Å². The highest BCUT2D eigenvalue weighted by Crippen LogP contribution is 2.23. The second kappa shape index (κ2) is 10.2. The highest BCUT2D eigenvalue weighted by molar-refractivity contribution is 5.80. The minimum Gasteiger partial charge on any atom is -0.469 e. The van der Waals surface area contributed by atoms with Crippen molar-refractivity contribution in [2.75, 3.05) is 19.6 Å². The highest BCUT2D eigenvalue weighted by Gasteiger charge is 2.25. The molecule has 152 valence electrons. The molecule has 0 spiro atoms. The summed E-state index contributed by atoms with van der Waals surface area (Å²) in [5, 5.41) is 7.51. The average Bonchev–Trinajstić information content (AvgIpc) is 3.17. The Balaban J connectivity index is 1.56. The lowest BCUT2D eigenvalue weighted by Crippen LogP contribution is -2.53. The van der Waals surface area contributed by atoms with Crippen molar-refractivity contribution in [3.05, 3.63) is 24.2 Å². The molecule has 2 aliphatic rings. The van der Waals surface area contributed by atoms with Gasteiger partial charge in [-0.2, -0.15) is 0 Å². The zero-order valence-electron chi connectivity index (χ0n) is 17.4. The fraction of sp³-hybridized carbons (Fsp3) is 0.773. The molecule has 1 saturated heterocycles. The third-order valence-electron chi connectivity index (χ3n) is 6.24. The Hall–Kier alpha value is -1.49. The van der Waals surface area contributed by atoms with Crippen molar-refractivity contribution >= 4 is 5.96 Å². The Morgan fingerprint density at radius 1 is 1.19 bits per heavy atom. The van der Waals surface area contributed by atoms with Gasteiger partial charge in [0.15, 0.2) is 5.96 Å². The number of rotatable bonds is 6. The lowest BCUT2D eigenvalue weighted by atomic mass is 9.86. The number of aliphatic imine (C=N–C) groups is 1. The maximum absolute atomic E-state index is 5.45. The van der Waals surface area contributed by atoms with E-state index in [1.165, 1.54) is 51.6 Å². The van der Waals surface area contributed by atoms with Gasteiger partial charge in [-0.05, 0) is 57.6 Å². The predicted octanol–water partition coefficient (Wildman–Crippen LogP) is 3.81. The van der Waals surface area contributed by atoms with E-state index in [9.17, 15) is 0 Å². The molecule has 0 amide bonds. The first-order valence-electron chi connectivity index (χ1n) is 11.0. The van der Waals surface area contributed by atoms with Crippen LogP contribution >= 0.6 is 0 Å². The molecule has 1 aromatic heterocycles. The van der Waals surface area contributed by atoms with E-state index in [2.05, 4.69) is 36.3 Å². The van der Waals surface area contributed by atoms with E-state index in [-0.39, 0.29) is 0 Å². The Bertz CT molecular complexity index is 561. The predicted molar refractivity (Wildman–Crippen MR) is 112 cm³/mol. The van der Waals surface area contributed by atoms with Crippen LogP contribution in [0.4, 0.5) is 0 Å². The van der Waals surface area contributed by atoms with Gasteiger partial charge in [-0.15, -0.1) is 0 Å². The maximum atomic E-state index is 5.45. The van der Waals surface area contributed by atoms with E-state index in [1.54, 1.807) is 6.26 Å². The summed E-state index contributed by atoms with van der Waals surface area (Å²) >= 11 is 0. The molecule has 0 aromatic carbocycles. The summed E-state index contributed by atoms with van der Waals surface area (Å²) in [7, 11) is 0. The summed E-state index contributed by atoms with van der Waals surface area (Å²) in [5.74, 6) is 2.73. The highest BCUT2D eigenvalue weighted by atomic mass is 16.3. The zero-order chi connectivity index (χ0) is 19.1. The maximum Gasteiger partial charge on any atom is 0.191 e. The van der Waals surface area contributed by atoms with E-state index in [0.717, 1.165) is 30.6 Å². The van der Waals surface area contributed by atoms with Gasteiger partial charge in [0.2, 0.25) is 0 Å². The molecule has 5 nitrogen and oxygen atoms in total. The van der Waals surface area contributed by atoms with Crippen LogP contribution in [0, 0.1) is 5.92 Å². The van der Waals surface area contributed by atoms with Gasteiger partial charge in [0, 0.05) is 44.2 Å². The summed E-state index contributed by atoms with van der Waals surface area (Å²) in [6.45, 7) is 10.1. The van der Waals surface area contributed by atoms with Gasteiger partial charge in [0.25, 0.3) is 0 Å². The first kappa shape index (κ1) is 20.2. The first-order chi connectivity index (χ1) is 13.1. The number of furan rings is 1. The molecular formula is C22H38N4O. The molecule has 0 radical (unpaired) electrons. The summed E-state index contributed by atoms with van der Waals surface area (Å²) in [4.78, 5) is 7.47. The monoisotopic (exact) mass is 374 g/mol. The SMILES string of the molecule is CC1CCCCC1NC(=NCCc1ccco1)NC1CCN(C(C)C)CC1. The molecule has 1 aliphatic carbocycles. The molecule has 1 aliphatic heterocycles. The van der Waals surface area contributed by atoms with Crippen LogP contribution in [0.3, 0.4) is 0 Å². The third-order valence-corrected chi connectivity index (χ3v) is 6.24. The van der Waals surface area contributed by atoms with E-state index in [0.29, 0.717) is 18.1 Å². The molecule has 2 fully saturated rings. The van der Waals surface area contributed by atoms with Crippen LogP contribution in [0.1, 0.15) is 65.1 Å². The third kappa shape index (κ3) is 6.27. The van der Waals surface area contributed by atoms with Gasteiger partial charge in [0.1, 0.15) is 5.76 Å². The molecule has 1 saturated carbocycles. The smallest absolute Gasteiger partial charge is 0.191 e. The molecule has 2 unspecified atom stereocenters. The molecular weight excluding hydrogens is 336 g/mol. The van der Waals surface area contributed by atoms with Crippen molar-refractivity contribution in [2.24, 2.45) is 10.9 Å². The number of hydrogen-bond donors (Lipinski definition) is 2. The molecule has 5 heteroatoms. The second-order valence-corrected chi connectivity index (χ2v) is 8.62. The van der Waals surface area contributed by atoms with E-state index >= 15 is 0 Å². The minimum absolute atomic E-state index is 0.522. The number of guanidine groups is 1. The van der Waals surface area contributed by atoms with Crippen LogP contribution in [0.2, 0.25) is 0 Å². The summed E-state index contributed by atoms with van der Waals surface area (Å²) < 4.78 is 5.45. The van der Waals surface area contributed by atoms with Gasteiger partial charge < -0.3 is 20.0 Å². The lowest BCUT2D eigenvalue weighted by Gasteiger charge is -2.36. The van der Waals surface area contributed by atoms with Crippen molar-refractivity contribution < 1.29 is 4.42 Å². The molecule has 0 bridgehead atoms. The van der Waals surface area contributed by atoms with Gasteiger partial charge in [-0.25, -0.2) is 0 Å². The fourth-order valence-corrected chi connectivity index (χ4v) is 4.33. The number of hydrogen-bond acceptors (Lipinski definition) is 3. The number of piperidine rings is 1. The van der Waals surface area contributed by atoms with Crippen LogP contribution in [-0.4, -0.2) is 48.6 Å². The van der Waals surface area contributed by atoms with Gasteiger partial charge in [-0.3, -0.25) is 4.99 Å². The quantitative estimate of drug-likeness (QED) is 0.587. The molecule has 1 aromatic rings. The topological polar surface area (TPSA) is 52.8 Å². The zero-order valence-corrected chi connectivity index (χ0v) is 17.4. The Labute approximate surface area is 165 Å². The molecule has 2 heterocycles. The largest absolute Gasteiger partial charge is 0.469 e. The molecule has 2 N–H and O–H groups in total. The van der Waals surface area contributed by atoms with Crippen LogP contribution in [0.15, 0.2) is 27.8 Å². The van der Waals surface area contributed by atoms with Crippen molar-refractivity contribution in [1.82, 2.24) is 15.5 Å².